The molecule has 1 heterocycles. The molecule has 2 spiro atoms. The lowest BCUT2D eigenvalue weighted by molar-refractivity contribution is -0.131. The summed E-state index contributed by atoms with van der Waals surface area (Å²) in [5.74, 6) is 2.18. The van der Waals surface area contributed by atoms with E-state index in [1.165, 1.54) is 12.8 Å². The number of ether oxygens (including phenoxy) is 1. The summed E-state index contributed by atoms with van der Waals surface area (Å²) in [5.41, 5.74) is -0.595. The zero-order valence-corrected chi connectivity index (χ0v) is 21.5. The zero-order chi connectivity index (χ0) is 23.8. The van der Waals surface area contributed by atoms with Crippen molar-refractivity contribution in [3.63, 3.8) is 0 Å². The van der Waals surface area contributed by atoms with E-state index in [1.54, 1.807) is 0 Å². The molecule has 0 radical (unpaired) electrons. The summed E-state index contributed by atoms with van der Waals surface area (Å²) in [6.07, 6.45) is 18.3. The van der Waals surface area contributed by atoms with Gasteiger partial charge in [0.1, 0.15) is 6.10 Å². The van der Waals surface area contributed by atoms with Gasteiger partial charge in [-0.25, -0.2) is 0 Å². The minimum atomic E-state index is -0.888. The highest BCUT2D eigenvalue weighted by atomic mass is 16.5. The molecule has 10 atom stereocenters. The molecular formula is C30H42O3. The highest BCUT2D eigenvalue weighted by Gasteiger charge is 2.81. The van der Waals surface area contributed by atoms with Gasteiger partial charge in [-0.1, -0.05) is 65.0 Å². The van der Waals surface area contributed by atoms with E-state index in [0.29, 0.717) is 29.5 Å². The molecule has 2 unspecified atom stereocenters. The highest BCUT2D eigenvalue weighted by Crippen LogP contribution is 2.86. The van der Waals surface area contributed by atoms with Gasteiger partial charge in [-0.05, 0) is 74.2 Å². The number of rotatable bonds is 1. The van der Waals surface area contributed by atoms with E-state index in [4.69, 9.17) is 4.74 Å². The fourth-order valence-electron chi connectivity index (χ4n) is 10.1. The van der Waals surface area contributed by atoms with Gasteiger partial charge in [0, 0.05) is 22.2 Å². The molecular weight excluding hydrogens is 408 g/mol. The molecule has 0 aromatic carbocycles. The van der Waals surface area contributed by atoms with E-state index >= 15 is 0 Å². The maximum Gasteiger partial charge on any atom is 0.161 e. The summed E-state index contributed by atoms with van der Waals surface area (Å²) >= 11 is 0. The second-order valence-electron chi connectivity index (χ2n) is 14.1. The van der Waals surface area contributed by atoms with Crippen LogP contribution in [0.5, 0.6) is 0 Å². The normalized spacial score (nSPS) is 55.7. The summed E-state index contributed by atoms with van der Waals surface area (Å²) in [5, 5.41) is 10.8. The molecule has 0 aromatic heterocycles. The first kappa shape index (κ1) is 22.3. The van der Waals surface area contributed by atoms with Crippen LogP contribution in [0.1, 0.15) is 74.1 Å². The number of aliphatic hydroxyl groups is 1. The van der Waals surface area contributed by atoms with E-state index < -0.39 is 5.60 Å². The van der Waals surface area contributed by atoms with Crippen LogP contribution in [0.3, 0.4) is 0 Å². The van der Waals surface area contributed by atoms with E-state index in [1.807, 2.05) is 19.9 Å². The molecule has 0 bridgehead atoms. The first-order valence-corrected chi connectivity index (χ1v) is 13.2. The Balaban J connectivity index is 1.43. The molecule has 33 heavy (non-hydrogen) atoms. The Bertz CT molecular complexity index is 997. The molecule has 0 saturated heterocycles. The Morgan fingerprint density at radius 3 is 2.36 bits per heavy atom. The third-order valence-corrected chi connectivity index (χ3v) is 12.0. The van der Waals surface area contributed by atoms with Gasteiger partial charge in [0.15, 0.2) is 5.78 Å². The average molecular weight is 451 g/mol. The van der Waals surface area contributed by atoms with Gasteiger partial charge >= 0.3 is 0 Å². The van der Waals surface area contributed by atoms with Crippen molar-refractivity contribution in [2.75, 3.05) is 0 Å². The van der Waals surface area contributed by atoms with E-state index in [-0.39, 0.29) is 39.3 Å². The van der Waals surface area contributed by atoms with Crippen molar-refractivity contribution in [3.8, 4) is 0 Å². The number of hydrogen-bond donors (Lipinski definition) is 1. The fraction of sp³-hybridized carbons (Fsp3) is 0.767. The largest absolute Gasteiger partial charge is 0.387 e. The van der Waals surface area contributed by atoms with Gasteiger partial charge in [-0.15, -0.1) is 0 Å². The van der Waals surface area contributed by atoms with Gasteiger partial charge in [0.2, 0.25) is 0 Å². The van der Waals surface area contributed by atoms with Crippen molar-refractivity contribution in [3.05, 3.63) is 36.5 Å². The molecule has 6 aliphatic rings. The number of allylic oxidation sites excluding steroid dienone is 5. The molecule has 3 fully saturated rings. The van der Waals surface area contributed by atoms with Crippen LogP contribution in [-0.2, 0) is 9.53 Å². The Morgan fingerprint density at radius 1 is 1.00 bits per heavy atom. The lowest BCUT2D eigenvalue weighted by atomic mass is 9.45. The molecule has 1 N–H and O–H groups in total. The predicted molar refractivity (Wildman–Crippen MR) is 130 cm³/mol. The summed E-state index contributed by atoms with van der Waals surface area (Å²) in [4.78, 5) is 12.8. The second kappa shape index (κ2) is 6.13. The minimum absolute atomic E-state index is 0.0617. The molecule has 3 heteroatoms. The summed E-state index contributed by atoms with van der Waals surface area (Å²) in [7, 11) is 0. The second-order valence-corrected chi connectivity index (χ2v) is 14.1. The van der Waals surface area contributed by atoms with Crippen LogP contribution in [0.15, 0.2) is 36.5 Å². The number of hydrogen-bond acceptors (Lipinski definition) is 3. The van der Waals surface area contributed by atoms with Crippen molar-refractivity contribution in [1.29, 1.82) is 0 Å². The lowest BCUT2D eigenvalue weighted by Crippen LogP contribution is -2.54. The Kier molecular flexibility index (Phi) is 4.14. The topological polar surface area (TPSA) is 46.5 Å². The molecule has 3 nitrogen and oxygen atoms in total. The van der Waals surface area contributed by atoms with Gasteiger partial charge in [0.25, 0.3) is 0 Å². The van der Waals surface area contributed by atoms with Gasteiger partial charge < -0.3 is 9.84 Å². The van der Waals surface area contributed by atoms with Crippen molar-refractivity contribution < 1.29 is 14.6 Å². The lowest BCUT2D eigenvalue weighted by Gasteiger charge is -2.59. The van der Waals surface area contributed by atoms with Gasteiger partial charge in [-0.3, -0.25) is 4.79 Å². The first-order valence-electron chi connectivity index (χ1n) is 13.2. The number of ketones is 1. The predicted octanol–water partition coefficient (Wildman–Crippen LogP) is 5.89. The number of fused-ring (bicyclic) bond motifs is 4. The third-order valence-electron chi connectivity index (χ3n) is 12.0. The first-order chi connectivity index (χ1) is 15.2. The molecule has 180 valence electrons. The quantitative estimate of drug-likeness (QED) is 0.507. The monoisotopic (exact) mass is 450 g/mol. The fourth-order valence-corrected chi connectivity index (χ4v) is 10.1. The molecule has 5 aliphatic carbocycles. The van der Waals surface area contributed by atoms with Crippen LogP contribution in [-0.4, -0.2) is 28.7 Å². The average Bonchev–Trinajstić information content (AvgIpc) is 3.35. The van der Waals surface area contributed by atoms with Crippen molar-refractivity contribution in [2.24, 2.45) is 50.7 Å². The van der Waals surface area contributed by atoms with Crippen molar-refractivity contribution in [1.82, 2.24) is 0 Å². The number of carbonyl (C=O) groups excluding carboxylic acids is 1. The van der Waals surface area contributed by atoms with E-state index in [0.717, 1.165) is 12.8 Å². The highest BCUT2D eigenvalue weighted by molar-refractivity contribution is 5.96. The van der Waals surface area contributed by atoms with Crippen molar-refractivity contribution >= 4 is 5.78 Å². The minimum Gasteiger partial charge on any atom is -0.387 e. The van der Waals surface area contributed by atoms with Crippen LogP contribution >= 0.6 is 0 Å². The van der Waals surface area contributed by atoms with Crippen LogP contribution < -0.4 is 0 Å². The van der Waals surface area contributed by atoms with Crippen LogP contribution in [0.2, 0.25) is 0 Å². The maximum absolute atomic E-state index is 12.8. The van der Waals surface area contributed by atoms with E-state index in [2.05, 4.69) is 65.0 Å². The summed E-state index contributed by atoms with van der Waals surface area (Å²) in [6.45, 7) is 15.5. The Morgan fingerprint density at radius 2 is 1.67 bits per heavy atom. The molecule has 0 amide bonds. The molecule has 0 aromatic rings. The van der Waals surface area contributed by atoms with Crippen molar-refractivity contribution in [2.45, 2.75) is 92.0 Å². The van der Waals surface area contributed by atoms with E-state index in [9.17, 15) is 9.90 Å². The van der Waals surface area contributed by atoms with Gasteiger partial charge in [-0.2, -0.15) is 0 Å². The Hall–Kier alpha value is -1.19. The number of carbonyl (C=O) groups is 1. The van der Waals surface area contributed by atoms with Gasteiger partial charge in [0.05, 0.1) is 11.7 Å². The smallest absolute Gasteiger partial charge is 0.161 e. The Labute approximate surface area is 199 Å². The SMILES string of the molecule is C[C@@H]1C=C[C@H](C(C)(C)O)O[C@H]2C[C@@]3(C)C4CCC5C(C)(C)C(=O)C=C[C@@]56C[C@@]46C=C[C@]3(C)[C@@H]12. The maximum atomic E-state index is 12.8. The van der Waals surface area contributed by atoms with Crippen LogP contribution in [0.4, 0.5) is 0 Å². The van der Waals surface area contributed by atoms with Crippen LogP contribution in [0.25, 0.3) is 0 Å². The molecule has 6 rings (SSSR count). The summed E-state index contributed by atoms with van der Waals surface area (Å²) < 4.78 is 6.74. The molecule has 3 saturated carbocycles. The third kappa shape index (κ3) is 2.42. The molecule has 1 aliphatic heterocycles. The summed E-state index contributed by atoms with van der Waals surface area (Å²) in [6, 6.07) is 0. The van der Waals surface area contributed by atoms with Crippen LogP contribution in [0, 0.1) is 50.7 Å². The zero-order valence-electron chi connectivity index (χ0n) is 21.5. The standard InChI is InChI=1S/C30H42O3/c1-18-8-11-23(26(4,5)32)33-19-16-28(7)21-10-9-20-25(2,3)22(31)12-13-29(20)17-30(21,29)15-14-27(28,6)24(18)19/h8,11-15,18-21,23-24,32H,9-10,16-17H2,1-7H3/t18-,19+,20?,21?,23-,24+,27-,28+,29-,30+/m1/s1.